The number of hydrogen-bond acceptors (Lipinski definition) is 3. The molecule has 0 fully saturated rings. The van der Waals surface area contributed by atoms with Crippen LogP contribution in [0.5, 0.6) is 0 Å². The zero-order valence-corrected chi connectivity index (χ0v) is 8.29. The maximum atomic E-state index is 10.9. The van der Waals surface area contributed by atoms with Gasteiger partial charge in [-0.15, -0.1) is 0 Å². The summed E-state index contributed by atoms with van der Waals surface area (Å²) in [6.45, 7) is 0. The second-order valence-corrected chi connectivity index (χ2v) is 5.29. The van der Waals surface area contributed by atoms with Crippen LogP contribution < -0.4 is 5.73 Å². The van der Waals surface area contributed by atoms with Crippen molar-refractivity contribution in [2.24, 2.45) is 5.73 Å². The molecule has 0 heterocycles. The summed E-state index contributed by atoms with van der Waals surface area (Å²) in [6, 6.07) is 8.80. The van der Waals surface area contributed by atoms with E-state index < -0.39 is 15.9 Å². The monoisotopic (exact) mass is 199 g/mol. The van der Waals surface area contributed by atoms with E-state index in [1.54, 1.807) is 0 Å². The second-order valence-electron chi connectivity index (χ2n) is 3.11. The number of nitrogens with two attached hydrogens (primary N) is 1. The lowest BCUT2D eigenvalue weighted by molar-refractivity contribution is 0.595. The van der Waals surface area contributed by atoms with Crippen LogP contribution in [0.4, 0.5) is 0 Å². The van der Waals surface area contributed by atoms with E-state index in [-0.39, 0.29) is 5.75 Å². The van der Waals surface area contributed by atoms with Crippen molar-refractivity contribution in [3.8, 4) is 0 Å². The number of benzene rings is 1. The van der Waals surface area contributed by atoms with E-state index >= 15 is 0 Å². The highest BCUT2D eigenvalue weighted by Gasteiger charge is 2.11. The predicted octanol–water partition coefficient (Wildman–Crippen LogP) is 0.731. The Bertz CT molecular complexity index is 358. The quantitative estimate of drug-likeness (QED) is 0.780. The van der Waals surface area contributed by atoms with Crippen LogP contribution in [0.15, 0.2) is 30.3 Å². The molecule has 0 saturated carbocycles. The van der Waals surface area contributed by atoms with Crippen LogP contribution in [0, 0.1) is 0 Å². The van der Waals surface area contributed by atoms with Crippen molar-refractivity contribution in [2.75, 3.05) is 12.0 Å². The third-order valence-electron chi connectivity index (χ3n) is 1.71. The largest absolute Gasteiger partial charge is 0.323 e. The highest BCUT2D eigenvalue weighted by Crippen LogP contribution is 2.10. The Labute approximate surface area is 78.5 Å². The third kappa shape index (κ3) is 3.57. The molecule has 0 bridgehead atoms. The van der Waals surface area contributed by atoms with Crippen molar-refractivity contribution in [2.45, 2.75) is 6.04 Å². The summed E-state index contributed by atoms with van der Waals surface area (Å²) in [4.78, 5) is 0. The van der Waals surface area contributed by atoms with Gasteiger partial charge in [0.25, 0.3) is 0 Å². The van der Waals surface area contributed by atoms with Gasteiger partial charge in [0.2, 0.25) is 0 Å². The lowest BCUT2D eigenvalue weighted by atomic mass is 10.1. The first-order valence-electron chi connectivity index (χ1n) is 3.97. The van der Waals surface area contributed by atoms with E-state index in [1.807, 2.05) is 30.3 Å². The first kappa shape index (κ1) is 10.2. The Morgan fingerprint density at radius 3 is 2.31 bits per heavy atom. The van der Waals surface area contributed by atoms with Crippen molar-refractivity contribution >= 4 is 9.84 Å². The number of sulfone groups is 1. The molecule has 1 aromatic carbocycles. The van der Waals surface area contributed by atoms with E-state index in [0.29, 0.717) is 0 Å². The van der Waals surface area contributed by atoms with Crippen LogP contribution in [0.1, 0.15) is 11.6 Å². The molecule has 4 heteroatoms. The Morgan fingerprint density at radius 1 is 1.31 bits per heavy atom. The second kappa shape index (κ2) is 3.89. The molecule has 1 atom stereocenters. The zero-order valence-electron chi connectivity index (χ0n) is 7.47. The molecule has 72 valence electrons. The Morgan fingerprint density at radius 2 is 1.85 bits per heavy atom. The summed E-state index contributed by atoms with van der Waals surface area (Å²) >= 11 is 0. The minimum Gasteiger partial charge on any atom is -0.323 e. The van der Waals surface area contributed by atoms with Crippen molar-refractivity contribution in [3.05, 3.63) is 35.9 Å². The van der Waals surface area contributed by atoms with Crippen molar-refractivity contribution in [1.29, 1.82) is 0 Å². The molecule has 2 N–H and O–H groups in total. The predicted molar refractivity (Wildman–Crippen MR) is 53.1 cm³/mol. The van der Waals surface area contributed by atoms with Gasteiger partial charge in [-0.3, -0.25) is 0 Å². The molecule has 1 unspecified atom stereocenters. The minimum atomic E-state index is -3.00. The topological polar surface area (TPSA) is 60.2 Å². The van der Waals surface area contributed by atoms with Crippen LogP contribution >= 0.6 is 0 Å². The molecule has 3 nitrogen and oxygen atoms in total. The van der Waals surface area contributed by atoms with Gasteiger partial charge in [0.1, 0.15) is 9.84 Å². The van der Waals surface area contributed by atoms with E-state index in [1.165, 1.54) is 6.26 Å². The van der Waals surface area contributed by atoms with E-state index in [9.17, 15) is 8.42 Å². The van der Waals surface area contributed by atoms with Gasteiger partial charge < -0.3 is 5.73 Å². The summed E-state index contributed by atoms with van der Waals surface area (Å²) in [7, 11) is -3.00. The van der Waals surface area contributed by atoms with Crippen LogP contribution in [-0.2, 0) is 9.84 Å². The summed E-state index contributed by atoms with van der Waals surface area (Å²) in [6.07, 6.45) is 1.19. The molecule has 0 aliphatic heterocycles. The average molecular weight is 199 g/mol. The molecule has 1 aromatic rings. The van der Waals surface area contributed by atoms with Crippen molar-refractivity contribution in [1.82, 2.24) is 0 Å². The molecule has 1 rings (SSSR count). The first-order chi connectivity index (χ1) is 5.99. The van der Waals surface area contributed by atoms with Gasteiger partial charge in [-0.25, -0.2) is 8.42 Å². The SMILES string of the molecule is CS(=O)(=O)CC(N)c1ccccc1. The minimum absolute atomic E-state index is 0.00296. The molecule has 0 radical (unpaired) electrons. The maximum Gasteiger partial charge on any atom is 0.149 e. The van der Waals surface area contributed by atoms with Crippen LogP contribution in [-0.4, -0.2) is 20.4 Å². The van der Waals surface area contributed by atoms with Crippen molar-refractivity contribution < 1.29 is 8.42 Å². The fourth-order valence-electron chi connectivity index (χ4n) is 1.12. The summed E-state index contributed by atoms with van der Waals surface area (Å²) < 4.78 is 21.9. The smallest absolute Gasteiger partial charge is 0.149 e. The fraction of sp³-hybridized carbons (Fsp3) is 0.333. The van der Waals surface area contributed by atoms with Gasteiger partial charge in [0, 0.05) is 12.3 Å². The van der Waals surface area contributed by atoms with Gasteiger partial charge in [0.05, 0.1) is 5.75 Å². The Kier molecular flexibility index (Phi) is 3.06. The molecule has 0 spiro atoms. The van der Waals surface area contributed by atoms with E-state index in [4.69, 9.17) is 5.73 Å². The maximum absolute atomic E-state index is 10.9. The highest BCUT2D eigenvalue weighted by molar-refractivity contribution is 7.90. The average Bonchev–Trinajstić information content (AvgIpc) is 2.03. The number of hydrogen-bond donors (Lipinski definition) is 1. The molecule has 0 aliphatic rings. The Hall–Kier alpha value is -0.870. The summed E-state index contributed by atoms with van der Waals surface area (Å²) in [5.41, 5.74) is 6.56. The highest BCUT2D eigenvalue weighted by atomic mass is 32.2. The standard InChI is InChI=1S/C9H13NO2S/c1-13(11,12)7-9(10)8-5-3-2-4-6-8/h2-6,9H,7,10H2,1H3. The zero-order chi connectivity index (χ0) is 9.90. The molecular formula is C9H13NO2S. The lowest BCUT2D eigenvalue weighted by Crippen LogP contribution is -2.20. The molecule has 0 aliphatic carbocycles. The fourth-order valence-corrected chi connectivity index (χ4v) is 1.97. The molecule has 0 aromatic heterocycles. The van der Waals surface area contributed by atoms with Gasteiger partial charge >= 0.3 is 0 Å². The van der Waals surface area contributed by atoms with Gasteiger partial charge in [-0.1, -0.05) is 30.3 Å². The Balaban J connectivity index is 2.76. The van der Waals surface area contributed by atoms with E-state index in [2.05, 4.69) is 0 Å². The molecular weight excluding hydrogens is 186 g/mol. The van der Waals surface area contributed by atoms with Crippen LogP contribution in [0.3, 0.4) is 0 Å². The molecule has 13 heavy (non-hydrogen) atoms. The van der Waals surface area contributed by atoms with E-state index in [0.717, 1.165) is 5.56 Å². The van der Waals surface area contributed by atoms with Crippen molar-refractivity contribution in [3.63, 3.8) is 0 Å². The number of rotatable bonds is 3. The van der Waals surface area contributed by atoms with Crippen LogP contribution in [0.2, 0.25) is 0 Å². The first-order valence-corrected chi connectivity index (χ1v) is 6.03. The van der Waals surface area contributed by atoms with Gasteiger partial charge in [-0.05, 0) is 5.56 Å². The van der Waals surface area contributed by atoms with Gasteiger partial charge in [-0.2, -0.15) is 0 Å². The normalized spacial score (nSPS) is 14.0. The lowest BCUT2D eigenvalue weighted by Gasteiger charge is -2.09. The molecule has 0 amide bonds. The van der Waals surface area contributed by atoms with Crippen LogP contribution in [0.25, 0.3) is 0 Å². The third-order valence-corrected chi connectivity index (χ3v) is 2.67. The summed E-state index contributed by atoms with van der Waals surface area (Å²) in [5, 5.41) is 0. The summed E-state index contributed by atoms with van der Waals surface area (Å²) in [5.74, 6) is -0.00296. The molecule has 0 saturated heterocycles. The van der Waals surface area contributed by atoms with Gasteiger partial charge in [0.15, 0.2) is 0 Å².